The Morgan fingerprint density at radius 2 is 1.81 bits per heavy atom. The first-order valence-corrected chi connectivity index (χ1v) is 17.0. The van der Waals surface area contributed by atoms with Crippen molar-refractivity contribution in [3.63, 3.8) is 0 Å². The molecule has 2 aliphatic heterocycles. The maximum atomic E-state index is 14.7. The average molecular weight is 633 g/mol. The fraction of sp³-hybridized carbons (Fsp3) is 0.533. The molecule has 13 heteroatoms. The van der Waals surface area contributed by atoms with Gasteiger partial charge in [-0.3, -0.25) is 9.79 Å². The van der Waals surface area contributed by atoms with Gasteiger partial charge >= 0.3 is 11.9 Å². The van der Waals surface area contributed by atoms with E-state index in [9.17, 15) is 22.4 Å². The number of hydrogen-bond acceptors (Lipinski definition) is 10. The number of methoxy groups -OCH3 is 2. The van der Waals surface area contributed by atoms with E-state index in [1.807, 2.05) is 5.38 Å². The first-order chi connectivity index (χ1) is 20.6. The molecule has 1 aliphatic carbocycles. The number of sulfonamides is 1. The maximum Gasteiger partial charge on any atom is 0.338 e. The second kappa shape index (κ2) is 13.2. The van der Waals surface area contributed by atoms with Gasteiger partial charge in [0.15, 0.2) is 10.8 Å². The van der Waals surface area contributed by atoms with E-state index < -0.39 is 27.9 Å². The summed E-state index contributed by atoms with van der Waals surface area (Å²) in [6.07, 6.45) is 5.26. The molecule has 2 aromatic rings. The van der Waals surface area contributed by atoms with Crippen molar-refractivity contribution in [3.8, 4) is 0 Å². The number of esters is 2. The lowest BCUT2D eigenvalue weighted by atomic mass is 9.83. The summed E-state index contributed by atoms with van der Waals surface area (Å²) in [4.78, 5) is 34.4. The quantitative estimate of drug-likeness (QED) is 0.431. The van der Waals surface area contributed by atoms with Crippen molar-refractivity contribution in [2.45, 2.75) is 51.5 Å². The minimum atomic E-state index is -3.51. The topological polar surface area (TPSA) is 127 Å². The summed E-state index contributed by atoms with van der Waals surface area (Å²) in [5.41, 5.74) is 1.84. The zero-order valence-electron chi connectivity index (χ0n) is 24.5. The minimum Gasteiger partial charge on any atom is -0.469 e. The van der Waals surface area contributed by atoms with Gasteiger partial charge in [0.2, 0.25) is 10.0 Å². The monoisotopic (exact) mass is 632 g/mol. The molecular formula is C30H37FN4O6S2. The highest BCUT2D eigenvalue weighted by Crippen LogP contribution is 2.39. The molecule has 5 rings (SSSR count). The summed E-state index contributed by atoms with van der Waals surface area (Å²) in [5, 5.41) is 5.79. The Morgan fingerprint density at radius 3 is 2.44 bits per heavy atom. The highest BCUT2D eigenvalue weighted by Gasteiger charge is 2.39. The van der Waals surface area contributed by atoms with Gasteiger partial charge in [0.1, 0.15) is 11.9 Å². The number of allylic oxidation sites excluding steroid dienone is 1. The molecule has 43 heavy (non-hydrogen) atoms. The number of piperidine rings is 1. The number of carbonyl (C=O) groups excluding carboxylic acids is 2. The Labute approximate surface area is 255 Å². The zero-order chi connectivity index (χ0) is 30.7. The molecule has 1 aromatic carbocycles. The molecule has 10 nitrogen and oxygen atoms in total. The molecule has 0 amide bonds. The second-order valence-corrected chi connectivity index (χ2v) is 14.2. The van der Waals surface area contributed by atoms with E-state index in [1.165, 1.54) is 31.6 Å². The van der Waals surface area contributed by atoms with Crippen LogP contribution in [0.4, 0.5) is 4.39 Å². The van der Waals surface area contributed by atoms with Crippen molar-refractivity contribution in [2.24, 2.45) is 22.7 Å². The van der Waals surface area contributed by atoms with Gasteiger partial charge in [-0.1, -0.05) is 12.1 Å². The van der Waals surface area contributed by atoms with E-state index in [2.05, 4.69) is 10.3 Å². The van der Waals surface area contributed by atoms with Crippen LogP contribution in [0.1, 0.15) is 60.7 Å². The van der Waals surface area contributed by atoms with Crippen LogP contribution in [0.25, 0.3) is 0 Å². The molecule has 1 unspecified atom stereocenters. The van der Waals surface area contributed by atoms with Crippen molar-refractivity contribution in [1.29, 1.82) is 0 Å². The van der Waals surface area contributed by atoms with Crippen LogP contribution < -0.4 is 5.32 Å². The van der Waals surface area contributed by atoms with Crippen LogP contribution in [-0.4, -0.2) is 68.5 Å². The van der Waals surface area contributed by atoms with E-state index >= 15 is 0 Å². The van der Waals surface area contributed by atoms with E-state index in [1.54, 1.807) is 29.6 Å². The number of thiazole rings is 1. The minimum absolute atomic E-state index is 0.00427. The van der Waals surface area contributed by atoms with Crippen LogP contribution in [0.3, 0.4) is 0 Å². The Bertz CT molecular complexity index is 1510. The predicted molar refractivity (Wildman–Crippen MR) is 160 cm³/mol. The SMILES string of the molecule is COC(=O)C1=C(C2CCN(S(=O)(=O)C[C@H]3CC[C@H](C(=O)OC)CC3)CC2)NC(c2nccs2)=NC1c1cccc(F)c1C. The summed E-state index contributed by atoms with van der Waals surface area (Å²) >= 11 is 1.39. The number of rotatable bonds is 8. The van der Waals surface area contributed by atoms with Crippen LogP contribution in [0, 0.1) is 30.5 Å². The predicted octanol–water partition coefficient (Wildman–Crippen LogP) is 4.13. The third-order valence-corrected chi connectivity index (χ3v) is 11.6. The van der Waals surface area contributed by atoms with E-state index in [0.717, 1.165) is 0 Å². The van der Waals surface area contributed by atoms with Crippen LogP contribution in [0.5, 0.6) is 0 Å². The first kappa shape index (κ1) is 31.3. The number of halogens is 1. The normalized spacial score (nSPS) is 23.8. The molecule has 0 radical (unpaired) electrons. The largest absolute Gasteiger partial charge is 0.469 e. The van der Waals surface area contributed by atoms with Gasteiger partial charge in [0.05, 0.1) is 31.5 Å². The highest BCUT2D eigenvalue weighted by atomic mass is 32.2. The molecule has 3 heterocycles. The third-order valence-electron chi connectivity index (χ3n) is 8.80. The number of benzene rings is 1. The summed E-state index contributed by atoms with van der Waals surface area (Å²) in [5.74, 6) is -0.995. The van der Waals surface area contributed by atoms with Crippen LogP contribution >= 0.6 is 11.3 Å². The summed E-state index contributed by atoms with van der Waals surface area (Å²) < 4.78 is 53.1. The van der Waals surface area contributed by atoms with Crippen LogP contribution in [0.2, 0.25) is 0 Å². The number of nitrogens with zero attached hydrogens (tertiary/aromatic N) is 3. The van der Waals surface area contributed by atoms with E-state index in [4.69, 9.17) is 14.5 Å². The molecule has 1 saturated carbocycles. The van der Waals surface area contributed by atoms with Crippen LogP contribution in [-0.2, 0) is 29.1 Å². The standard InChI is InChI=1S/C30H37FN4O6S2/c1-18-22(5-4-6-23(18)31)26-24(30(37)41-3)25(33-27(34-26)28-32-13-16-42-28)20-11-14-35(15-12-20)43(38,39)17-19-7-9-21(10-8-19)29(36)40-2/h4-6,13,16,19-21,26H,7-12,14-15,17H2,1-3H3,(H,33,34)/t19-,21-,26?. The summed E-state index contributed by atoms with van der Waals surface area (Å²) in [7, 11) is -0.828. The van der Waals surface area contributed by atoms with Crippen molar-refractivity contribution in [1.82, 2.24) is 14.6 Å². The average Bonchev–Trinajstić information content (AvgIpc) is 3.57. The van der Waals surface area contributed by atoms with Crippen LogP contribution in [0.15, 0.2) is 46.0 Å². The molecule has 232 valence electrons. The molecule has 1 N–H and O–H groups in total. The molecule has 1 saturated heterocycles. The van der Waals surface area contributed by atoms with Gasteiger partial charge < -0.3 is 14.8 Å². The number of ether oxygens (including phenoxy) is 2. The second-order valence-electron chi connectivity index (χ2n) is 11.3. The van der Waals surface area contributed by atoms with E-state index in [0.29, 0.717) is 84.9 Å². The number of carbonyl (C=O) groups is 2. The molecule has 0 bridgehead atoms. The molecule has 1 aromatic heterocycles. The molecule has 3 aliphatic rings. The Balaban J connectivity index is 1.37. The van der Waals surface area contributed by atoms with Crippen molar-refractivity contribution in [2.75, 3.05) is 33.1 Å². The van der Waals surface area contributed by atoms with Gasteiger partial charge in [-0.2, -0.15) is 0 Å². The fourth-order valence-corrected chi connectivity index (χ4v) is 8.87. The highest BCUT2D eigenvalue weighted by molar-refractivity contribution is 7.89. The zero-order valence-corrected chi connectivity index (χ0v) is 26.2. The Hall–Kier alpha value is -3.16. The number of nitrogens with one attached hydrogen (secondary N) is 1. The summed E-state index contributed by atoms with van der Waals surface area (Å²) in [6, 6.07) is 3.90. The maximum absolute atomic E-state index is 14.7. The third kappa shape index (κ3) is 6.68. The van der Waals surface area contributed by atoms with Crippen molar-refractivity contribution < 1.29 is 31.9 Å². The number of aliphatic imine (C=N–C) groups is 1. The lowest BCUT2D eigenvalue weighted by molar-refractivity contribution is -0.146. The van der Waals surface area contributed by atoms with E-state index in [-0.39, 0.29) is 29.5 Å². The molecule has 2 fully saturated rings. The number of amidine groups is 1. The van der Waals surface area contributed by atoms with Gasteiger partial charge in [0, 0.05) is 36.3 Å². The fourth-order valence-electron chi connectivity index (χ4n) is 6.37. The van der Waals surface area contributed by atoms with Crippen molar-refractivity contribution >= 4 is 39.1 Å². The lowest BCUT2D eigenvalue weighted by Gasteiger charge is -2.37. The molecule has 1 atom stereocenters. The van der Waals surface area contributed by atoms with Gasteiger partial charge in [-0.25, -0.2) is 26.9 Å². The van der Waals surface area contributed by atoms with Gasteiger partial charge in [-0.15, -0.1) is 11.3 Å². The lowest BCUT2D eigenvalue weighted by Crippen LogP contribution is -2.44. The molecule has 0 spiro atoms. The smallest absolute Gasteiger partial charge is 0.338 e. The number of aromatic nitrogens is 1. The number of hydrogen-bond donors (Lipinski definition) is 1. The Kier molecular flexibility index (Phi) is 9.62. The Morgan fingerprint density at radius 1 is 1.09 bits per heavy atom. The summed E-state index contributed by atoms with van der Waals surface area (Å²) in [6.45, 7) is 2.26. The van der Waals surface area contributed by atoms with Gasteiger partial charge in [-0.05, 0) is 68.6 Å². The van der Waals surface area contributed by atoms with Crippen molar-refractivity contribution in [3.05, 3.63) is 63.0 Å². The van der Waals surface area contributed by atoms with Gasteiger partial charge in [0.25, 0.3) is 0 Å². The first-order valence-electron chi connectivity index (χ1n) is 14.5. The molecular weight excluding hydrogens is 595 g/mol.